The number of aliphatic hydroxyl groups excluding tert-OH is 1. The van der Waals surface area contributed by atoms with Crippen molar-refractivity contribution in [2.24, 2.45) is 0 Å². The molecular formula is C32H54N4O9. The van der Waals surface area contributed by atoms with E-state index in [1.165, 1.54) is 12.6 Å². The average molecular weight is 639 g/mol. The van der Waals surface area contributed by atoms with Crippen LogP contribution in [0.1, 0.15) is 110 Å². The molecule has 13 nitrogen and oxygen atoms in total. The highest BCUT2D eigenvalue weighted by Crippen LogP contribution is 2.30. The number of carbonyl (C=O) groups excluding carboxylic acids is 5. The molecule has 0 radical (unpaired) electrons. The summed E-state index contributed by atoms with van der Waals surface area (Å²) in [5, 5.41) is 20.0. The second kappa shape index (κ2) is 22.5. The zero-order valence-corrected chi connectivity index (χ0v) is 27.1. The SMILES string of the molecule is CCCCCCNC(=O)C[C@H](NC(CCCCC(=O)ON(C)C(=O)CCC=O)=C1CCC1)C(=O)NCCOC1OCCCC1O. The number of allylic oxidation sites excluding steroid dienone is 2. The van der Waals surface area contributed by atoms with E-state index in [-0.39, 0.29) is 50.6 Å². The maximum atomic E-state index is 13.3. The van der Waals surface area contributed by atoms with Crippen LogP contribution in [0, 0.1) is 0 Å². The molecule has 0 aromatic heterocycles. The summed E-state index contributed by atoms with van der Waals surface area (Å²) < 4.78 is 11.1. The Kier molecular flexibility index (Phi) is 19.1. The molecule has 3 atom stereocenters. The van der Waals surface area contributed by atoms with Gasteiger partial charge in [0.05, 0.1) is 13.0 Å². The summed E-state index contributed by atoms with van der Waals surface area (Å²) in [5.41, 5.74) is 2.13. The highest BCUT2D eigenvalue weighted by molar-refractivity contribution is 5.88. The number of aliphatic hydroxyl groups is 1. The number of nitrogens with one attached hydrogen (secondary N) is 3. The molecule has 2 aliphatic rings. The normalized spacial score (nSPS) is 18.2. The minimum atomic E-state index is -0.795. The van der Waals surface area contributed by atoms with E-state index in [9.17, 15) is 29.1 Å². The fourth-order valence-corrected chi connectivity index (χ4v) is 4.99. The number of hydroxylamine groups is 2. The van der Waals surface area contributed by atoms with Crippen molar-refractivity contribution < 1.29 is 43.4 Å². The molecule has 1 aliphatic carbocycles. The maximum Gasteiger partial charge on any atom is 0.332 e. The van der Waals surface area contributed by atoms with Crippen molar-refractivity contribution >= 4 is 30.0 Å². The Bertz CT molecular complexity index is 968. The van der Waals surface area contributed by atoms with Crippen LogP contribution in [-0.4, -0.2) is 91.9 Å². The van der Waals surface area contributed by atoms with Gasteiger partial charge in [0.15, 0.2) is 6.29 Å². The Morgan fingerprint density at radius 3 is 2.49 bits per heavy atom. The molecule has 3 amide bonds. The fraction of sp³-hybridized carbons (Fsp3) is 0.781. The molecule has 45 heavy (non-hydrogen) atoms. The van der Waals surface area contributed by atoms with Crippen LogP contribution in [0.5, 0.6) is 0 Å². The van der Waals surface area contributed by atoms with Crippen molar-refractivity contribution in [2.75, 3.05) is 33.4 Å². The third-order valence-corrected chi connectivity index (χ3v) is 7.84. The maximum absolute atomic E-state index is 13.3. The van der Waals surface area contributed by atoms with E-state index in [1.807, 2.05) is 0 Å². The Labute approximate surface area is 267 Å². The predicted octanol–water partition coefficient (Wildman–Crippen LogP) is 2.56. The molecule has 1 saturated carbocycles. The topological polar surface area (TPSA) is 173 Å². The summed E-state index contributed by atoms with van der Waals surface area (Å²) in [5.74, 6) is -1.52. The van der Waals surface area contributed by atoms with Crippen LogP contribution in [0.4, 0.5) is 0 Å². The summed E-state index contributed by atoms with van der Waals surface area (Å²) in [7, 11) is 1.35. The van der Waals surface area contributed by atoms with Crippen molar-refractivity contribution in [1.82, 2.24) is 21.0 Å². The van der Waals surface area contributed by atoms with Gasteiger partial charge < -0.3 is 40.2 Å². The number of carbonyl (C=O) groups is 5. The summed E-state index contributed by atoms with van der Waals surface area (Å²) in [6.45, 7) is 3.56. The highest BCUT2D eigenvalue weighted by atomic mass is 16.7. The van der Waals surface area contributed by atoms with E-state index >= 15 is 0 Å². The molecule has 256 valence electrons. The highest BCUT2D eigenvalue weighted by Gasteiger charge is 2.27. The first-order valence-electron chi connectivity index (χ1n) is 16.6. The molecule has 0 spiro atoms. The molecule has 1 aliphatic heterocycles. The molecule has 4 N–H and O–H groups in total. The third-order valence-electron chi connectivity index (χ3n) is 7.84. The van der Waals surface area contributed by atoms with Crippen LogP contribution in [0.2, 0.25) is 0 Å². The molecule has 0 bridgehead atoms. The molecule has 1 saturated heterocycles. The van der Waals surface area contributed by atoms with Gasteiger partial charge in [0.2, 0.25) is 11.8 Å². The minimum Gasteiger partial charge on any atom is -0.388 e. The molecule has 1 heterocycles. The van der Waals surface area contributed by atoms with E-state index in [1.54, 1.807) is 0 Å². The number of hydrogen-bond acceptors (Lipinski definition) is 10. The summed E-state index contributed by atoms with van der Waals surface area (Å²) >= 11 is 0. The molecule has 2 unspecified atom stereocenters. The number of amides is 3. The van der Waals surface area contributed by atoms with Gasteiger partial charge in [0, 0.05) is 51.7 Å². The van der Waals surface area contributed by atoms with Crippen LogP contribution < -0.4 is 16.0 Å². The van der Waals surface area contributed by atoms with Gasteiger partial charge in [-0.2, -0.15) is 5.06 Å². The fourth-order valence-electron chi connectivity index (χ4n) is 4.99. The van der Waals surface area contributed by atoms with Crippen molar-refractivity contribution in [3.63, 3.8) is 0 Å². The lowest BCUT2D eigenvalue weighted by Gasteiger charge is -2.28. The first-order valence-corrected chi connectivity index (χ1v) is 16.6. The molecule has 0 aromatic carbocycles. The van der Waals surface area contributed by atoms with E-state index < -0.39 is 30.3 Å². The standard InChI is InChI=1S/C32H54N4O9/c1-3-4-5-8-18-33-28(39)23-26(31(42)34-19-22-44-32-27(38)15-11-21-43-32)35-25(24-12-9-13-24)14-6-7-17-30(41)45-36(2)29(40)16-10-20-37/h20,26-27,32,35,38H,3-19,21-23H2,1-2H3,(H,33,39)(H,34,42)/t26-,27?,32?/m0/s1. The third kappa shape index (κ3) is 15.7. The van der Waals surface area contributed by atoms with Crippen molar-refractivity contribution in [3.05, 3.63) is 11.3 Å². The lowest BCUT2D eigenvalue weighted by molar-refractivity contribution is -0.213. The number of hydrogen-bond donors (Lipinski definition) is 4. The van der Waals surface area contributed by atoms with E-state index in [4.69, 9.17) is 14.3 Å². The number of unbranched alkanes of at least 4 members (excludes halogenated alkanes) is 4. The zero-order valence-electron chi connectivity index (χ0n) is 27.1. The lowest BCUT2D eigenvalue weighted by Crippen LogP contribution is -2.48. The van der Waals surface area contributed by atoms with Gasteiger partial charge in [-0.15, -0.1) is 0 Å². The first kappa shape index (κ1) is 38.2. The van der Waals surface area contributed by atoms with Crippen LogP contribution >= 0.6 is 0 Å². The molecule has 2 fully saturated rings. The van der Waals surface area contributed by atoms with E-state index in [2.05, 4.69) is 22.9 Å². The predicted molar refractivity (Wildman–Crippen MR) is 166 cm³/mol. The van der Waals surface area contributed by atoms with Crippen LogP contribution in [0.3, 0.4) is 0 Å². The summed E-state index contributed by atoms with van der Waals surface area (Å²) in [6.07, 6.45) is 9.49. The van der Waals surface area contributed by atoms with Crippen LogP contribution in [-0.2, 0) is 38.3 Å². The Balaban J connectivity index is 1.91. The molecule has 13 heteroatoms. The lowest BCUT2D eigenvalue weighted by atomic mass is 9.88. The van der Waals surface area contributed by atoms with Gasteiger partial charge in [-0.25, -0.2) is 4.79 Å². The molecule has 0 aromatic rings. The largest absolute Gasteiger partial charge is 0.388 e. The Morgan fingerprint density at radius 2 is 1.80 bits per heavy atom. The van der Waals surface area contributed by atoms with Gasteiger partial charge >= 0.3 is 5.97 Å². The number of ether oxygens (including phenoxy) is 2. The Morgan fingerprint density at radius 1 is 1.02 bits per heavy atom. The average Bonchev–Trinajstić information content (AvgIpc) is 2.99. The number of aldehydes is 1. The van der Waals surface area contributed by atoms with Gasteiger partial charge in [0.25, 0.3) is 5.91 Å². The van der Waals surface area contributed by atoms with Crippen LogP contribution in [0.25, 0.3) is 0 Å². The smallest absolute Gasteiger partial charge is 0.332 e. The second-order valence-corrected chi connectivity index (χ2v) is 11.6. The molecule has 2 rings (SSSR count). The number of nitrogens with zero attached hydrogens (tertiary/aromatic N) is 1. The summed E-state index contributed by atoms with van der Waals surface area (Å²) in [4.78, 5) is 65.7. The monoisotopic (exact) mass is 638 g/mol. The van der Waals surface area contributed by atoms with Crippen molar-refractivity contribution in [3.8, 4) is 0 Å². The van der Waals surface area contributed by atoms with Crippen molar-refractivity contribution in [1.29, 1.82) is 0 Å². The second-order valence-electron chi connectivity index (χ2n) is 11.6. The van der Waals surface area contributed by atoms with E-state index in [0.717, 1.165) is 62.1 Å². The quantitative estimate of drug-likeness (QED) is 0.0784. The van der Waals surface area contributed by atoms with Gasteiger partial charge in [-0.05, 0) is 57.8 Å². The van der Waals surface area contributed by atoms with E-state index in [0.29, 0.717) is 45.1 Å². The van der Waals surface area contributed by atoms with Crippen LogP contribution in [0.15, 0.2) is 11.3 Å². The first-order chi connectivity index (χ1) is 21.7. The van der Waals surface area contributed by atoms with Gasteiger partial charge in [-0.3, -0.25) is 14.4 Å². The minimum absolute atomic E-state index is 0.0212. The summed E-state index contributed by atoms with van der Waals surface area (Å²) in [6, 6.07) is -0.795. The van der Waals surface area contributed by atoms with Gasteiger partial charge in [0.1, 0.15) is 18.4 Å². The van der Waals surface area contributed by atoms with Crippen molar-refractivity contribution in [2.45, 2.75) is 128 Å². The molecular weight excluding hydrogens is 584 g/mol. The zero-order chi connectivity index (χ0) is 32.9. The number of rotatable bonds is 22. The Hall–Kier alpha value is -3.03. The van der Waals surface area contributed by atoms with Gasteiger partial charge in [-0.1, -0.05) is 31.8 Å².